The fraction of sp³-hybridized carbons (Fsp3) is 0.176. The third kappa shape index (κ3) is 8.01. The first-order valence-electron chi connectivity index (χ1n) is 13.9. The van der Waals surface area contributed by atoms with Gasteiger partial charge in [0.15, 0.2) is 0 Å². The predicted octanol–water partition coefficient (Wildman–Crippen LogP) is 5.83. The molecule has 0 aliphatic heterocycles. The maximum absolute atomic E-state index is 12.9. The number of pyridine rings is 1. The van der Waals surface area contributed by atoms with Crippen LogP contribution in [0.3, 0.4) is 0 Å². The van der Waals surface area contributed by atoms with Crippen LogP contribution >= 0.6 is 0 Å². The molecule has 1 amide bonds. The highest BCUT2D eigenvalue weighted by Gasteiger charge is 2.14. The van der Waals surface area contributed by atoms with Crippen LogP contribution in [0, 0.1) is 0 Å². The second-order valence-electron chi connectivity index (χ2n) is 9.74. The van der Waals surface area contributed by atoms with Crippen molar-refractivity contribution >= 4 is 11.9 Å². The second-order valence-corrected chi connectivity index (χ2v) is 9.74. The van der Waals surface area contributed by atoms with Gasteiger partial charge in [-0.25, -0.2) is 15.0 Å². The van der Waals surface area contributed by atoms with Crippen LogP contribution in [-0.4, -0.2) is 42.2 Å². The minimum atomic E-state index is -0.232. The van der Waals surface area contributed by atoms with E-state index in [1.165, 1.54) is 0 Å². The lowest BCUT2D eigenvalue weighted by molar-refractivity contribution is 0.0950. The Labute approximate surface area is 256 Å². The normalized spacial score (nSPS) is 10.5. The number of ether oxygens (including phenoxy) is 4. The molecule has 0 aliphatic carbocycles. The number of nitrogens with one attached hydrogen (secondary N) is 1. The summed E-state index contributed by atoms with van der Waals surface area (Å²) in [5, 5.41) is 2.95. The summed E-state index contributed by atoms with van der Waals surface area (Å²) in [7, 11) is 4.87. The van der Waals surface area contributed by atoms with Gasteiger partial charge < -0.3 is 29.2 Å². The van der Waals surface area contributed by atoms with E-state index < -0.39 is 0 Å². The number of amides is 1. The number of carbonyl (C=O) groups is 1. The van der Waals surface area contributed by atoms with Crippen LogP contribution in [0.2, 0.25) is 0 Å². The zero-order valence-corrected chi connectivity index (χ0v) is 24.8. The first kappa shape index (κ1) is 29.8. The topological polar surface area (TPSA) is 108 Å². The van der Waals surface area contributed by atoms with Gasteiger partial charge in [-0.2, -0.15) is 0 Å². The lowest BCUT2D eigenvalue weighted by Gasteiger charge is -2.23. The monoisotopic (exact) mass is 591 g/mol. The fourth-order valence-electron chi connectivity index (χ4n) is 4.38. The molecule has 0 radical (unpaired) electrons. The maximum atomic E-state index is 12.9. The van der Waals surface area contributed by atoms with Crippen molar-refractivity contribution in [3.8, 4) is 28.9 Å². The van der Waals surface area contributed by atoms with Crippen LogP contribution in [0.1, 0.15) is 27.2 Å². The zero-order chi connectivity index (χ0) is 30.7. The van der Waals surface area contributed by atoms with Gasteiger partial charge in [0.2, 0.25) is 11.8 Å². The van der Waals surface area contributed by atoms with Crippen molar-refractivity contribution < 1.29 is 23.7 Å². The standard InChI is InChI=1S/C34H33N5O5/c1-41-28-10-4-24(5-11-28)22-39(23-25-6-12-29(42-2)13-7-25)34-36-18-16-27(38-34)21-37-33(40)26-8-14-30(15-9-26)44-32-20-31(43-3)17-19-35-32/h4-20H,21-23H2,1-3H3,(H,37,40). The molecular weight excluding hydrogens is 558 g/mol. The summed E-state index contributed by atoms with van der Waals surface area (Å²) in [6.07, 6.45) is 3.31. The number of methoxy groups -OCH3 is 3. The summed E-state index contributed by atoms with van der Waals surface area (Å²) < 4.78 is 21.6. The van der Waals surface area contributed by atoms with Gasteiger partial charge in [-0.1, -0.05) is 24.3 Å². The van der Waals surface area contributed by atoms with Gasteiger partial charge in [0, 0.05) is 37.1 Å². The molecule has 0 aliphatic rings. The highest BCUT2D eigenvalue weighted by atomic mass is 16.5. The summed E-state index contributed by atoms with van der Waals surface area (Å²) >= 11 is 0. The van der Waals surface area contributed by atoms with Crippen molar-refractivity contribution in [3.05, 3.63) is 126 Å². The molecule has 5 aromatic rings. The molecular formula is C34H33N5O5. The summed E-state index contributed by atoms with van der Waals surface area (Å²) in [6, 6.07) is 27.9. The molecule has 0 atom stereocenters. The molecule has 0 unspecified atom stereocenters. The average molecular weight is 592 g/mol. The highest BCUT2D eigenvalue weighted by Crippen LogP contribution is 2.24. The first-order valence-corrected chi connectivity index (χ1v) is 13.9. The predicted molar refractivity (Wildman–Crippen MR) is 166 cm³/mol. The molecule has 44 heavy (non-hydrogen) atoms. The molecule has 0 bridgehead atoms. The minimum absolute atomic E-state index is 0.232. The van der Waals surface area contributed by atoms with E-state index in [-0.39, 0.29) is 12.5 Å². The van der Waals surface area contributed by atoms with Crippen LogP contribution in [0.5, 0.6) is 28.9 Å². The Balaban J connectivity index is 1.25. The van der Waals surface area contributed by atoms with E-state index in [4.69, 9.17) is 23.9 Å². The Morgan fingerprint density at radius 3 is 1.84 bits per heavy atom. The van der Waals surface area contributed by atoms with Crippen molar-refractivity contribution in [1.29, 1.82) is 0 Å². The van der Waals surface area contributed by atoms with Crippen molar-refractivity contribution in [2.45, 2.75) is 19.6 Å². The number of carbonyl (C=O) groups excluding carboxylic acids is 1. The van der Waals surface area contributed by atoms with Crippen molar-refractivity contribution in [2.24, 2.45) is 0 Å². The Hall–Kier alpha value is -5.64. The zero-order valence-electron chi connectivity index (χ0n) is 24.8. The van der Waals surface area contributed by atoms with Gasteiger partial charge in [-0.05, 0) is 71.8 Å². The summed E-state index contributed by atoms with van der Waals surface area (Å²) in [6.45, 7) is 1.39. The third-order valence-electron chi connectivity index (χ3n) is 6.76. The van der Waals surface area contributed by atoms with E-state index in [0.29, 0.717) is 47.7 Å². The van der Waals surface area contributed by atoms with Crippen LogP contribution in [-0.2, 0) is 19.6 Å². The van der Waals surface area contributed by atoms with Gasteiger partial charge in [-0.3, -0.25) is 4.79 Å². The molecule has 10 heteroatoms. The van der Waals surface area contributed by atoms with E-state index >= 15 is 0 Å². The third-order valence-corrected chi connectivity index (χ3v) is 6.76. The first-order chi connectivity index (χ1) is 21.5. The molecule has 224 valence electrons. The van der Waals surface area contributed by atoms with Crippen molar-refractivity contribution in [3.63, 3.8) is 0 Å². The molecule has 2 aromatic heterocycles. The number of hydrogen-bond acceptors (Lipinski definition) is 9. The molecule has 10 nitrogen and oxygen atoms in total. The minimum Gasteiger partial charge on any atom is -0.497 e. The van der Waals surface area contributed by atoms with E-state index in [9.17, 15) is 4.79 Å². The van der Waals surface area contributed by atoms with Gasteiger partial charge in [0.25, 0.3) is 5.91 Å². The van der Waals surface area contributed by atoms with Crippen molar-refractivity contribution in [2.75, 3.05) is 26.2 Å². The Bertz CT molecular complexity index is 1610. The Morgan fingerprint density at radius 2 is 1.25 bits per heavy atom. The van der Waals surface area contributed by atoms with Gasteiger partial charge in [-0.15, -0.1) is 0 Å². The number of nitrogens with zero attached hydrogens (tertiary/aromatic N) is 4. The smallest absolute Gasteiger partial charge is 0.251 e. The quantitative estimate of drug-likeness (QED) is 0.181. The number of anilines is 1. The van der Waals surface area contributed by atoms with E-state index in [1.807, 2.05) is 48.5 Å². The molecule has 3 aromatic carbocycles. The molecule has 1 N–H and O–H groups in total. The van der Waals surface area contributed by atoms with Gasteiger partial charge in [0.1, 0.15) is 23.0 Å². The molecule has 0 saturated heterocycles. The van der Waals surface area contributed by atoms with Crippen LogP contribution in [0.15, 0.2) is 103 Å². The largest absolute Gasteiger partial charge is 0.497 e. The van der Waals surface area contributed by atoms with E-state index in [1.54, 1.807) is 76.2 Å². The second kappa shape index (κ2) is 14.5. The van der Waals surface area contributed by atoms with Crippen molar-refractivity contribution in [1.82, 2.24) is 20.3 Å². The molecule has 0 saturated carbocycles. The fourth-order valence-corrected chi connectivity index (χ4v) is 4.38. The van der Waals surface area contributed by atoms with Gasteiger partial charge in [0.05, 0.1) is 33.6 Å². The average Bonchev–Trinajstić information content (AvgIpc) is 3.08. The molecule has 2 heterocycles. The van der Waals surface area contributed by atoms with E-state index in [2.05, 4.69) is 20.2 Å². The summed E-state index contributed by atoms with van der Waals surface area (Å²) in [5.41, 5.74) is 3.33. The highest BCUT2D eigenvalue weighted by molar-refractivity contribution is 5.94. The SMILES string of the molecule is COc1ccc(CN(Cc2ccc(OC)cc2)c2nccc(CNC(=O)c3ccc(Oc4cc(OC)ccn4)cc3)n2)cc1. The van der Waals surface area contributed by atoms with Gasteiger partial charge >= 0.3 is 0 Å². The number of hydrogen-bond donors (Lipinski definition) is 1. The van der Waals surface area contributed by atoms with E-state index in [0.717, 1.165) is 22.6 Å². The number of aromatic nitrogens is 3. The van der Waals surface area contributed by atoms with Crippen LogP contribution < -0.4 is 29.2 Å². The molecule has 5 rings (SSSR count). The molecule has 0 fully saturated rings. The Morgan fingerprint density at radius 1 is 0.682 bits per heavy atom. The summed E-state index contributed by atoms with van der Waals surface area (Å²) in [4.78, 5) is 28.5. The van der Waals surface area contributed by atoms with Crippen LogP contribution in [0.25, 0.3) is 0 Å². The van der Waals surface area contributed by atoms with Crippen LogP contribution in [0.4, 0.5) is 5.95 Å². The Kier molecular flexibility index (Phi) is 9.83. The summed E-state index contributed by atoms with van der Waals surface area (Å²) in [5.74, 6) is 3.50. The molecule has 0 spiro atoms. The maximum Gasteiger partial charge on any atom is 0.251 e. The lowest BCUT2D eigenvalue weighted by atomic mass is 10.1. The lowest BCUT2D eigenvalue weighted by Crippen LogP contribution is -2.26. The number of rotatable bonds is 13. The number of benzene rings is 3.